The molecule has 11 aromatic rings. The Morgan fingerprint density at radius 1 is 0.306 bits per heavy atom. The number of nitrogens with zero attached hydrogens (tertiary/aromatic N) is 2. The summed E-state index contributed by atoms with van der Waals surface area (Å²) >= 11 is 0. The Labute approximate surface area is 360 Å². The molecule has 62 heavy (non-hydrogen) atoms. The highest BCUT2D eigenvalue weighted by Crippen LogP contribution is 2.56. The largest absolute Gasteiger partial charge is 0.456 e. The second-order valence-electron chi connectivity index (χ2n) is 16.1. The van der Waals surface area contributed by atoms with Crippen LogP contribution in [0.25, 0.3) is 89.2 Å². The molecule has 1 aliphatic rings. The molecule has 2 aromatic heterocycles. The van der Waals surface area contributed by atoms with E-state index in [0.717, 1.165) is 72.3 Å². The standard InChI is InChI=1S/C59H38N2O/c1-4-15-41(16-5-1)58-60-54(40-29-27-39(28-30-40)44-31-33-50-49-24-11-13-26-56(49)62-57(50)37-44)38-55(61-58)45-18-14-17-42(35-45)43-32-34-53-51(36-43)48-23-10-12-25-52(48)59(53,46-19-6-2-7-20-46)47-21-8-3-9-22-47/h1-38H. The molecule has 9 aromatic carbocycles. The lowest BCUT2D eigenvalue weighted by Gasteiger charge is -2.33. The summed E-state index contributed by atoms with van der Waals surface area (Å²) in [6.45, 7) is 0. The topological polar surface area (TPSA) is 38.9 Å². The SMILES string of the molecule is c1ccc(-c2nc(-c3ccc(-c4ccc5c(c4)oc4ccccc45)cc3)cc(-c3cccc(-c4ccc5c(c4)-c4ccccc4C5(c4ccccc4)c4ccccc4)c3)n2)cc1. The van der Waals surface area contributed by atoms with Gasteiger partial charge in [0.1, 0.15) is 11.2 Å². The van der Waals surface area contributed by atoms with Gasteiger partial charge in [-0.3, -0.25) is 0 Å². The van der Waals surface area contributed by atoms with Crippen molar-refractivity contribution in [1.82, 2.24) is 9.97 Å². The number of aromatic nitrogens is 2. The third-order valence-corrected chi connectivity index (χ3v) is 12.6. The van der Waals surface area contributed by atoms with E-state index in [1.807, 2.05) is 30.3 Å². The highest BCUT2D eigenvalue weighted by Gasteiger charge is 2.45. The van der Waals surface area contributed by atoms with Crippen LogP contribution in [0.4, 0.5) is 0 Å². The molecule has 0 fully saturated rings. The quantitative estimate of drug-likeness (QED) is 0.161. The first-order chi connectivity index (χ1) is 30.7. The van der Waals surface area contributed by atoms with Crippen molar-refractivity contribution < 1.29 is 4.42 Å². The van der Waals surface area contributed by atoms with Crippen LogP contribution in [0.15, 0.2) is 235 Å². The number of furan rings is 1. The summed E-state index contributed by atoms with van der Waals surface area (Å²) in [5.74, 6) is 0.690. The molecule has 0 spiro atoms. The fourth-order valence-corrected chi connectivity index (χ4v) is 9.69. The summed E-state index contributed by atoms with van der Waals surface area (Å²) in [4.78, 5) is 10.3. The number of fused-ring (bicyclic) bond motifs is 6. The van der Waals surface area contributed by atoms with E-state index in [4.69, 9.17) is 14.4 Å². The molecule has 3 heteroatoms. The van der Waals surface area contributed by atoms with Crippen molar-refractivity contribution in [2.45, 2.75) is 5.41 Å². The van der Waals surface area contributed by atoms with Crippen LogP contribution >= 0.6 is 0 Å². The van der Waals surface area contributed by atoms with E-state index < -0.39 is 5.41 Å². The van der Waals surface area contributed by atoms with Gasteiger partial charge in [0, 0.05) is 27.5 Å². The van der Waals surface area contributed by atoms with Gasteiger partial charge in [0.2, 0.25) is 0 Å². The van der Waals surface area contributed by atoms with Crippen LogP contribution in [0.3, 0.4) is 0 Å². The first kappa shape index (κ1) is 35.8. The number of hydrogen-bond acceptors (Lipinski definition) is 3. The molecule has 0 unspecified atom stereocenters. The molecule has 0 aliphatic heterocycles. The van der Waals surface area contributed by atoms with Gasteiger partial charge in [-0.05, 0) is 92.0 Å². The first-order valence-corrected chi connectivity index (χ1v) is 21.1. The number of para-hydroxylation sites is 1. The van der Waals surface area contributed by atoms with Crippen LogP contribution in [0, 0.1) is 0 Å². The van der Waals surface area contributed by atoms with E-state index >= 15 is 0 Å². The second kappa shape index (κ2) is 14.5. The summed E-state index contributed by atoms with van der Waals surface area (Å²) in [5.41, 5.74) is 18.3. The van der Waals surface area contributed by atoms with E-state index in [2.05, 4.69) is 200 Å². The van der Waals surface area contributed by atoms with Crippen molar-refractivity contribution in [1.29, 1.82) is 0 Å². The fraction of sp³-hybridized carbons (Fsp3) is 0.0169. The molecule has 0 N–H and O–H groups in total. The van der Waals surface area contributed by atoms with Crippen LogP contribution < -0.4 is 0 Å². The molecule has 12 rings (SSSR count). The van der Waals surface area contributed by atoms with Crippen LogP contribution in [0.1, 0.15) is 22.3 Å². The van der Waals surface area contributed by atoms with E-state index in [9.17, 15) is 0 Å². The van der Waals surface area contributed by atoms with Crippen molar-refractivity contribution in [3.63, 3.8) is 0 Å². The molecule has 290 valence electrons. The Morgan fingerprint density at radius 2 is 0.839 bits per heavy atom. The zero-order valence-electron chi connectivity index (χ0n) is 33.7. The average molecular weight is 791 g/mol. The fourth-order valence-electron chi connectivity index (χ4n) is 9.69. The molecule has 0 saturated carbocycles. The molecule has 0 saturated heterocycles. The highest BCUT2D eigenvalue weighted by atomic mass is 16.3. The van der Waals surface area contributed by atoms with Crippen LogP contribution in [0.2, 0.25) is 0 Å². The molecular weight excluding hydrogens is 753 g/mol. The summed E-state index contributed by atoms with van der Waals surface area (Å²) in [6, 6.07) is 82.3. The van der Waals surface area contributed by atoms with Crippen molar-refractivity contribution in [3.05, 3.63) is 253 Å². The summed E-state index contributed by atoms with van der Waals surface area (Å²) in [5, 5.41) is 2.26. The maximum atomic E-state index is 6.21. The van der Waals surface area contributed by atoms with E-state index in [1.54, 1.807) is 0 Å². The predicted octanol–water partition coefficient (Wildman–Crippen LogP) is 15.1. The second-order valence-corrected chi connectivity index (χ2v) is 16.1. The van der Waals surface area contributed by atoms with Gasteiger partial charge in [-0.25, -0.2) is 9.97 Å². The Balaban J connectivity index is 0.940. The minimum absolute atomic E-state index is 0.430. The number of hydrogen-bond donors (Lipinski definition) is 0. The molecular formula is C59H38N2O. The maximum Gasteiger partial charge on any atom is 0.160 e. The Bertz CT molecular complexity index is 3400. The van der Waals surface area contributed by atoms with Crippen LogP contribution in [0.5, 0.6) is 0 Å². The van der Waals surface area contributed by atoms with Gasteiger partial charge in [-0.1, -0.05) is 194 Å². The van der Waals surface area contributed by atoms with Crippen molar-refractivity contribution >= 4 is 21.9 Å². The third-order valence-electron chi connectivity index (χ3n) is 12.6. The maximum absolute atomic E-state index is 6.21. The predicted molar refractivity (Wildman–Crippen MR) is 254 cm³/mol. The molecule has 1 aliphatic carbocycles. The van der Waals surface area contributed by atoms with Crippen LogP contribution in [-0.2, 0) is 5.41 Å². The lowest BCUT2D eigenvalue weighted by atomic mass is 9.67. The Kier molecular flexibility index (Phi) is 8.39. The summed E-state index contributed by atoms with van der Waals surface area (Å²) < 4.78 is 6.21. The van der Waals surface area contributed by atoms with Gasteiger partial charge in [0.25, 0.3) is 0 Å². The normalized spacial score (nSPS) is 12.6. The molecule has 0 bridgehead atoms. The zero-order valence-corrected chi connectivity index (χ0v) is 33.7. The van der Waals surface area contributed by atoms with Crippen molar-refractivity contribution in [3.8, 4) is 67.3 Å². The van der Waals surface area contributed by atoms with Gasteiger partial charge >= 0.3 is 0 Å². The minimum Gasteiger partial charge on any atom is -0.456 e. The first-order valence-electron chi connectivity index (χ1n) is 21.1. The lowest BCUT2D eigenvalue weighted by Crippen LogP contribution is -2.28. The number of benzene rings is 9. The van der Waals surface area contributed by atoms with Gasteiger partial charge in [-0.15, -0.1) is 0 Å². The molecule has 0 atom stereocenters. The molecule has 3 nitrogen and oxygen atoms in total. The minimum atomic E-state index is -0.430. The van der Waals surface area contributed by atoms with Crippen molar-refractivity contribution in [2.75, 3.05) is 0 Å². The Hall–Kier alpha value is -8.14. The van der Waals surface area contributed by atoms with Gasteiger partial charge in [0.15, 0.2) is 5.82 Å². The zero-order chi connectivity index (χ0) is 41.0. The summed E-state index contributed by atoms with van der Waals surface area (Å²) in [6.07, 6.45) is 0. The smallest absolute Gasteiger partial charge is 0.160 e. The van der Waals surface area contributed by atoms with Gasteiger partial charge < -0.3 is 4.42 Å². The number of rotatable bonds is 7. The monoisotopic (exact) mass is 790 g/mol. The Morgan fingerprint density at radius 3 is 1.61 bits per heavy atom. The third kappa shape index (κ3) is 5.82. The molecule has 0 radical (unpaired) electrons. The van der Waals surface area contributed by atoms with Crippen molar-refractivity contribution in [2.24, 2.45) is 0 Å². The lowest BCUT2D eigenvalue weighted by molar-refractivity contribution is 0.669. The van der Waals surface area contributed by atoms with Crippen LogP contribution in [-0.4, -0.2) is 9.97 Å². The highest BCUT2D eigenvalue weighted by molar-refractivity contribution is 6.06. The molecule has 2 heterocycles. The van der Waals surface area contributed by atoms with E-state index in [0.29, 0.717) is 5.82 Å². The molecule has 0 amide bonds. The van der Waals surface area contributed by atoms with E-state index in [1.165, 1.54) is 33.4 Å². The van der Waals surface area contributed by atoms with Gasteiger partial charge in [0.05, 0.1) is 16.8 Å². The van der Waals surface area contributed by atoms with E-state index in [-0.39, 0.29) is 0 Å². The average Bonchev–Trinajstić information content (AvgIpc) is 3.88. The van der Waals surface area contributed by atoms with Gasteiger partial charge in [-0.2, -0.15) is 0 Å². The summed E-state index contributed by atoms with van der Waals surface area (Å²) in [7, 11) is 0.